The first-order valence-electron chi connectivity index (χ1n) is 6.82. The van der Waals surface area contributed by atoms with Crippen LogP contribution < -0.4 is 16.0 Å². The fourth-order valence-corrected chi connectivity index (χ4v) is 2.24. The van der Waals surface area contributed by atoms with E-state index in [4.69, 9.17) is 10.6 Å². The first-order chi connectivity index (χ1) is 9.83. The molecular formula is C16H21N3O. The Labute approximate surface area is 120 Å². The van der Waals surface area contributed by atoms with Crippen LogP contribution in [0.5, 0.6) is 5.75 Å². The van der Waals surface area contributed by atoms with Crippen LogP contribution in [0.15, 0.2) is 48.8 Å². The molecular weight excluding hydrogens is 250 g/mol. The van der Waals surface area contributed by atoms with E-state index in [-0.39, 0.29) is 6.04 Å². The van der Waals surface area contributed by atoms with Crippen LogP contribution in [0.2, 0.25) is 0 Å². The lowest BCUT2D eigenvalue weighted by Crippen LogP contribution is -2.28. The molecule has 0 saturated carbocycles. The van der Waals surface area contributed by atoms with Crippen LogP contribution in [0.1, 0.15) is 30.0 Å². The van der Waals surface area contributed by atoms with Gasteiger partial charge in [-0.3, -0.25) is 16.3 Å². The van der Waals surface area contributed by atoms with E-state index < -0.39 is 0 Å². The minimum Gasteiger partial charge on any atom is -0.495 e. The Morgan fingerprint density at radius 2 is 2.05 bits per heavy atom. The Morgan fingerprint density at radius 3 is 2.75 bits per heavy atom. The van der Waals surface area contributed by atoms with Gasteiger partial charge in [-0.1, -0.05) is 30.3 Å². The van der Waals surface area contributed by atoms with Gasteiger partial charge in [0.2, 0.25) is 0 Å². The molecule has 0 amide bonds. The van der Waals surface area contributed by atoms with Crippen LogP contribution in [0.3, 0.4) is 0 Å². The zero-order chi connectivity index (χ0) is 14.2. The van der Waals surface area contributed by atoms with Gasteiger partial charge in [0.1, 0.15) is 5.75 Å². The van der Waals surface area contributed by atoms with Crippen molar-refractivity contribution in [1.82, 2.24) is 10.4 Å². The second kappa shape index (κ2) is 7.62. The molecule has 0 radical (unpaired) electrons. The van der Waals surface area contributed by atoms with Crippen LogP contribution in [-0.4, -0.2) is 12.1 Å². The molecule has 1 aromatic carbocycles. The van der Waals surface area contributed by atoms with E-state index in [1.807, 2.05) is 18.3 Å². The van der Waals surface area contributed by atoms with Gasteiger partial charge >= 0.3 is 0 Å². The van der Waals surface area contributed by atoms with Crippen LogP contribution in [-0.2, 0) is 6.42 Å². The molecule has 106 valence electrons. The normalized spacial score (nSPS) is 12.1. The summed E-state index contributed by atoms with van der Waals surface area (Å²) in [6.45, 7) is 0. The predicted molar refractivity (Wildman–Crippen MR) is 80.2 cm³/mol. The lowest BCUT2D eigenvalue weighted by Gasteiger charge is -2.16. The second-order valence-corrected chi connectivity index (χ2v) is 4.76. The third kappa shape index (κ3) is 4.05. The summed E-state index contributed by atoms with van der Waals surface area (Å²) < 4.78 is 5.19. The average molecular weight is 271 g/mol. The fourth-order valence-electron chi connectivity index (χ4n) is 2.24. The molecule has 0 bridgehead atoms. The molecule has 1 aromatic heterocycles. The molecule has 0 fully saturated rings. The molecule has 4 heteroatoms. The Hall–Kier alpha value is -1.91. The van der Waals surface area contributed by atoms with Gasteiger partial charge in [-0.15, -0.1) is 0 Å². The van der Waals surface area contributed by atoms with Crippen molar-refractivity contribution in [3.05, 3.63) is 59.9 Å². The lowest BCUT2D eigenvalue weighted by atomic mass is 10.0. The summed E-state index contributed by atoms with van der Waals surface area (Å²) in [5, 5.41) is 0. The van der Waals surface area contributed by atoms with E-state index in [1.54, 1.807) is 13.3 Å². The molecule has 1 atom stereocenters. The molecule has 0 aliphatic rings. The Kier molecular flexibility index (Phi) is 5.53. The summed E-state index contributed by atoms with van der Waals surface area (Å²) in [5.41, 5.74) is 5.27. The number of aromatic nitrogens is 1. The van der Waals surface area contributed by atoms with Gasteiger partial charge in [-0.2, -0.15) is 0 Å². The summed E-state index contributed by atoms with van der Waals surface area (Å²) in [6.07, 6.45) is 6.60. The van der Waals surface area contributed by atoms with Gasteiger partial charge in [-0.25, -0.2) is 0 Å². The minimum absolute atomic E-state index is 0.0984. The third-order valence-corrected chi connectivity index (χ3v) is 3.37. The molecule has 1 heterocycles. The molecule has 2 aromatic rings. The molecule has 20 heavy (non-hydrogen) atoms. The number of pyridine rings is 1. The van der Waals surface area contributed by atoms with Crippen molar-refractivity contribution in [3.8, 4) is 5.75 Å². The SMILES string of the molecule is COc1cncc(C(CCCc2ccccc2)NN)c1. The van der Waals surface area contributed by atoms with Gasteiger partial charge in [0.15, 0.2) is 0 Å². The fraction of sp³-hybridized carbons (Fsp3) is 0.312. The number of nitrogens with one attached hydrogen (secondary N) is 1. The molecule has 2 rings (SSSR count). The van der Waals surface area contributed by atoms with Gasteiger partial charge < -0.3 is 4.74 Å². The monoisotopic (exact) mass is 271 g/mol. The summed E-state index contributed by atoms with van der Waals surface area (Å²) in [6, 6.07) is 12.5. The quantitative estimate of drug-likeness (QED) is 0.600. The molecule has 0 spiro atoms. The van der Waals surface area contributed by atoms with Gasteiger partial charge in [0, 0.05) is 12.2 Å². The Morgan fingerprint density at radius 1 is 1.25 bits per heavy atom. The maximum atomic E-state index is 5.66. The van der Waals surface area contributed by atoms with E-state index in [2.05, 4.69) is 34.7 Å². The van der Waals surface area contributed by atoms with Crippen molar-refractivity contribution in [2.45, 2.75) is 25.3 Å². The standard InChI is InChI=1S/C16H21N3O/c1-20-15-10-14(11-18-12-15)16(19-17)9-5-8-13-6-3-2-4-7-13/h2-4,6-7,10-12,16,19H,5,8-9,17H2,1H3. The third-order valence-electron chi connectivity index (χ3n) is 3.37. The van der Waals surface area contributed by atoms with Crippen molar-refractivity contribution in [2.75, 3.05) is 7.11 Å². The molecule has 4 nitrogen and oxygen atoms in total. The number of rotatable bonds is 7. The number of methoxy groups -OCH3 is 1. The first-order valence-corrected chi connectivity index (χ1v) is 6.82. The van der Waals surface area contributed by atoms with Crippen molar-refractivity contribution >= 4 is 0 Å². The highest BCUT2D eigenvalue weighted by molar-refractivity contribution is 5.25. The second-order valence-electron chi connectivity index (χ2n) is 4.76. The van der Waals surface area contributed by atoms with E-state index in [1.165, 1.54) is 5.56 Å². The number of hydrazine groups is 1. The number of aryl methyl sites for hydroxylation is 1. The average Bonchev–Trinajstić information content (AvgIpc) is 2.52. The largest absolute Gasteiger partial charge is 0.495 e. The lowest BCUT2D eigenvalue weighted by molar-refractivity contribution is 0.409. The van der Waals surface area contributed by atoms with E-state index in [0.717, 1.165) is 30.6 Å². The topological polar surface area (TPSA) is 60.2 Å². The number of hydrogen-bond donors (Lipinski definition) is 2. The number of benzene rings is 1. The minimum atomic E-state index is 0.0984. The van der Waals surface area contributed by atoms with Crippen LogP contribution in [0.25, 0.3) is 0 Å². The number of nitrogens with zero attached hydrogens (tertiary/aromatic N) is 1. The first kappa shape index (κ1) is 14.5. The van der Waals surface area contributed by atoms with Gasteiger partial charge in [-0.05, 0) is 36.5 Å². The zero-order valence-electron chi connectivity index (χ0n) is 11.8. The maximum Gasteiger partial charge on any atom is 0.137 e. The molecule has 0 saturated heterocycles. The van der Waals surface area contributed by atoms with E-state index >= 15 is 0 Å². The molecule has 0 aliphatic carbocycles. The number of nitrogens with two attached hydrogens (primary N) is 1. The van der Waals surface area contributed by atoms with Gasteiger partial charge in [0.05, 0.1) is 13.3 Å². The summed E-state index contributed by atoms with van der Waals surface area (Å²) >= 11 is 0. The highest BCUT2D eigenvalue weighted by atomic mass is 16.5. The summed E-state index contributed by atoms with van der Waals surface area (Å²) in [4.78, 5) is 4.17. The highest BCUT2D eigenvalue weighted by Crippen LogP contribution is 2.21. The van der Waals surface area contributed by atoms with Crippen molar-refractivity contribution in [3.63, 3.8) is 0 Å². The van der Waals surface area contributed by atoms with E-state index in [0.29, 0.717) is 0 Å². The van der Waals surface area contributed by atoms with Crippen LogP contribution in [0, 0.1) is 0 Å². The van der Waals surface area contributed by atoms with Crippen LogP contribution >= 0.6 is 0 Å². The Balaban J connectivity index is 1.91. The smallest absolute Gasteiger partial charge is 0.137 e. The maximum absolute atomic E-state index is 5.66. The molecule has 0 aliphatic heterocycles. The van der Waals surface area contributed by atoms with Crippen LogP contribution in [0.4, 0.5) is 0 Å². The predicted octanol–water partition coefficient (Wildman–Crippen LogP) is 2.62. The van der Waals surface area contributed by atoms with E-state index in [9.17, 15) is 0 Å². The summed E-state index contributed by atoms with van der Waals surface area (Å²) in [7, 11) is 1.64. The Bertz CT molecular complexity index is 516. The highest BCUT2D eigenvalue weighted by Gasteiger charge is 2.10. The van der Waals surface area contributed by atoms with Crippen molar-refractivity contribution < 1.29 is 4.74 Å². The molecule has 3 N–H and O–H groups in total. The summed E-state index contributed by atoms with van der Waals surface area (Å²) in [5.74, 6) is 6.41. The molecule has 1 unspecified atom stereocenters. The number of hydrogen-bond acceptors (Lipinski definition) is 4. The zero-order valence-corrected chi connectivity index (χ0v) is 11.8. The number of ether oxygens (including phenoxy) is 1. The van der Waals surface area contributed by atoms with Crippen molar-refractivity contribution in [1.29, 1.82) is 0 Å². The van der Waals surface area contributed by atoms with Gasteiger partial charge in [0.25, 0.3) is 0 Å². The van der Waals surface area contributed by atoms with Crippen molar-refractivity contribution in [2.24, 2.45) is 5.84 Å².